The molecule has 0 aromatic heterocycles. The summed E-state index contributed by atoms with van der Waals surface area (Å²) in [7, 11) is 0. The van der Waals surface area contributed by atoms with Crippen LogP contribution in [0.2, 0.25) is 0 Å². The van der Waals surface area contributed by atoms with E-state index in [4.69, 9.17) is 0 Å². The van der Waals surface area contributed by atoms with Crippen LogP contribution in [-0.4, -0.2) is 40.7 Å². The minimum Gasteiger partial charge on any atom is -0.393 e. The lowest BCUT2D eigenvalue weighted by atomic mass is 9.41. The highest BCUT2D eigenvalue weighted by Crippen LogP contribution is 2.69. The van der Waals surface area contributed by atoms with Crippen LogP contribution in [0.3, 0.4) is 0 Å². The summed E-state index contributed by atoms with van der Waals surface area (Å²) in [6.07, 6.45) is 9.57. The molecule has 0 aliphatic heterocycles. The highest BCUT2D eigenvalue weighted by Gasteiger charge is 2.64. The van der Waals surface area contributed by atoms with Crippen LogP contribution in [-0.2, 0) is 9.59 Å². The Morgan fingerprint density at radius 3 is 2.35 bits per heavy atom. The third kappa shape index (κ3) is 4.38. The molecule has 4 unspecified atom stereocenters. The van der Waals surface area contributed by atoms with Crippen molar-refractivity contribution in [2.75, 3.05) is 6.54 Å². The van der Waals surface area contributed by atoms with E-state index in [1.807, 2.05) is 0 Å². The first-order chi connectivity index (χ1) is 16.0. The van der Waals surface area contributed by atoms with E-state index in [2.05, 4.69) is 33.0 Å². The molecule has 1 amide bonds. The Labute approximate surface area is 206 Å². The second kappa shape index (κ2) is 9.84. The number of amides is 1. The van der Waals surface area contributed by atoms with Gasteiger partial charge in [-0.15, -0.1) is 0 Å². The van der Waals surface area contributed by atoms with Crippen molar-refractivity contribution in [3.05, 3.63) is 0 Å². The van der Waals surface area contributed by atoms with Gasteiger partial charge in [0.1, 0.15) is 5.78 Å². The summed E-state index contributed by atoms with van der Waals surface area (Å²) in [4.78, 5) is 23.4. The zero-order chi connectivity index (χ0) is 24.8. The van der Waals surface area contributed by atoms with E-state index in [9.17, 15) is 19.8 Å². The molecule has 4 aliphatic carbocycles. The van der Waals surface area contributed by atoms with Crippen LogP contribution in [0.4, 0.5) is 0 Å². The number of fused-ring (bicyclic) bond motifs is 5. The van der Waals surface area contributed by atoms with Crippen LogP contribution in [0.1, 0.15) is 98.8 Å². The first-order valence-electron chi connectivity index (χ1n) is 14.1. The first kappa shape index (κ1) is 26.1. The van der Waals surface area contributed by atoms with Crippen LogP contribution in [0.5, 0.6) is 0 Å². The van der Waals surface area contributed by atoms with Gasteiger partial charge >= 0.3 is 0 Å². The van der Waals surface area contributed by atoms with Gasteiger partial charge < -0.3 is 15.5 Å². The van der Waals surface area contributed by atoms with E-state index in [1.165, 1.54) is 32.6 Å². The number of aliphatic hydroxyl groups is 2. The molecule has 4 saturated carbocycles. The van der Waals surface area contributed by atoms with Gasteiger partial charge in [0.15, 0.2) is 0 Å². The molecule has 0 spiro atoms. The fourth-order valence-corrected chi connectivity index (χ4v) is 9.80. The normalized spacial score (nSPS) is 46.7. The molecule has 5 nitrogen and oxygen atoms in total. The SMILES string of the molecule is CC[C@@H]1C2C[C@H](O)CC[C@]2(C)C2CC[C@@]3(C)C(CC[C@@H]3[C@H](C)CCC(=O)NCC(C)=O)C2[C@H]1O. The molecule has 4 fully saturated rings. The van der Waals surface area contributed by atoms with Crippen LogP contribution < -0.4 is 5.32 Å². The zero-order valence-corrected chi connectivity index (χ0v) is 22.2. The largest absolute Gasteiger partial charge is 0.393 e. The second-order valence-electron chi connectivity index (χ2n) is 13.1. The quantitative estimate of drug-likeness (QED) is 0.497. The van der Waals surface area contributed by atoms with Crippen molar-refractivity contribution in [1.29, 1.82) is 0 Å². The summed E-state index contributed by atoms with van der Waals surface area (Å²) in [5, 5.41) is 25.0. The van der Waals surface area contributed by atoms with Gasteiger partial charge in [0.05, 0.1) is 18.8 Å². The number of nitrogens with one attached hydrogen (secondary N) is 1. The lowest BCUT2D eigenvalue weighted by Crippen LogP contribution is -2.62. The van der Waals surface area contributed by atoms with Crippen LogP contribution >= 0.6 is 0 Å². The molecule has 3 N–H and O–H groups in total. The monoisotopic (exact) mass is 475 g/mol. The third-order valence-corrected chi connectivity index (χ3v) is 11.5. The van der Waals surface area contributed by atoms with Gasteiger partial charge in [-0.05, 0) is 111 Å². The minimum atomic E-state index is -0.255. The molecule has 0 radical (unpaired) electrons. The maximum atomic E-state index is 12.2. The second-order valence-corrected chi connectivity index (χ2v) is 13.1. The van der Waals surface area contributed by atoms with E-state index < -0.39 is 0 Å². The van der Waals surface area contributed by atoms with Gasteiger partial charge in [-0.2, -0.15) is 0 Å². The maximum Gasteiger partial charge on any atom is 0.220 e. The summed E-state index contributed by atoms with van der Waals surface area (Å²) in [5.74, 6) is 3.25. The average molecular weight is 476 g/mol. The molecule has 0 heterocycles. The first-order valence-corrected chi connectivity index (χ1v) is 14.1. The Hall–Kier alpha value is -0.940. The van der Waals surface area contributed by atoms with Crippen LogP contribution in [0.15, 0.2) is 0 Å². The van der Waals surface area contributed by atoms with Crippen molar-refractivity contribution in [2.24, 2.45) is 52.3 Å². The molecule has 194 valence electrons. The van der Waals surface area contributed by atoms with Gasteiger partial charge in [-0.25, -0.2) is 0 Å². The van der Waals surface area contributed by atoms with Crippen LogP contribution in [0.25, 0.3) is 0 Å². The number of Topliss-reactive ketones (excluding diaryl/α,β-unsaturated/α-hetero) is 1. The maximum absolute atomic E-state index is 12.2. The van der Waals surface area contributed by atoms with Crippen molar-refractivity contribution in [1.82, 2.24) is 5.32 Å². The molecule has 4 aliphatic rings. The van der Waals surface area contributed by atoms with Crippen LogP contribution in [0, 0.1) is 52.3 Å². The highest BCUT2D eigenvalue weighted by atomic mass is 16.3. The molecular formula is C29H49NO4. The van der Waals surface area contributed by atoms with Gasteiger partial charge in [0, 0.05) is 6.42 Å². The van der Waals surface area contributed by atoms with E-state index in [0.717, 1.165) is 32.1 Å². The summed E-state index contributed by atoms with van der Waals surface area (Å²) in [6.45, 7) is 11.2. The number of hydrogen-bond donors (Lipinski definition) is 3. The topological polar surface area (TPSA) is 86.6 Å². The fourth-order valence-electron chi connectivity index (χ4n) is 9.80. The summed E-state index contributed by atoms with van der Waals surface area (Å²) >= 11 is 0. The van der Waals surface area contributed by atoms with Crippen molar-refractivity contribution < 1.29 is 19.8 Å². The Morgan fingerprint density at radius 1 is 1.00 bits per heavy atom. The summed E-state index contributed by atoms with van der Waals surface area (Å²) in [6, 6.07) is 0. The molecule has 0 aromatic carbocycles. The number of rotatable bonds is 7. The van der Waals surface area contributed by atoms with Gasteiger partial charge in [-0.1, -0.05) is 34.1 Å². The van der Waals surface area contributed by atoms with Crippen molar-refractivity contribution in [3.8, 4) is 0 Å². The number of ketones is 1. The molecule has 0 bridgehead atoms. The van der Waals surface area contributed by atoms with Gasteiger partial charge in [0.25, 0.3) is 0 Å². The number of carbonyl (C=O) groups excluding carboxylic acids is 2. The lowest BCUT2D eigenvalue weighted by molar-refractivity contribution is -0.203. The molecule has 4 rings (SSSR count). The Bertz CT molecular complexity index is 769. The molecule has 5 heteroatoms. The van der Waals surface area contributed by atoms with Crippen molar-refractivity contribution in [3.63, 3.8) is 0 Å². The Balaban J connectivity index is 1.49. The van der Waals surface area contributed by atoms with E-state index in [0.29, 0.717) is 47.8 Å². The van der Waals surface area contributed by atoms with Gasteiger partial charge in [-0.3, -0.25) is 9.59 Å². The molecule has 11 atom stereocenters. The van der Waals surface area contributed by atoms with E-state index in [1.54, 1.807) is 0 Å². The number of carbonyl (C=O) groups is 2. The van der Waals surface area contributed by atoms with E-state index in [-0.39, 0.29) is 41.3 Å². The Kier molecular flexibility index (Phi) is 7.56. The Morgan fingerprint density at radius 2 is 1.68 bits per heavy atom. The predicted octanol–water partition coefficient (Wildman–Crippen LogP) is 4.73. The lowest BCUT2D eigenvalue weighted by Gasteiger charge is -2.64. The highest BCUT2D eigenvalue weighted by molar-refractivity contribution is 5.84. The zero-order valence-electron chi connectivity index (χ0n) is 22.2. The van der Waals surface area contributed by atoms with Gasteiger partial charge in [0.2, 0.25) is 5.91 Å². The number of hydrogen-bond acceptors (Lipinski definition) is 4. The fraction of sp³-hybridized carbons (Fsp3) is 0.931. The summed E-state index contributed by atoms with van der Waals surface area (Å²) < 4.78 is 0. The molecule has 0 aromatic rings. The average Bonchev–Trinajstić information content (AvgIpc) is 3.14. The smallest absolute Gasteiger partial charge is 0.220 e. The van der Waals surface area contributed by atoms with Crippen molar-refractivity contribution in [2.45, 2.75) is 111 Å². The molecule has 0 saturated heterocycles. The molecular weight excluding hydrogens is 426 g/mol. The van der Waals surface area contributed by atoms with E-state index >= 15 is 0 Å². The third-order valence-electron chi connectivity index (χ3n) is 11.5. The standard InChI is InChI=1S/C29H49NO4/c1-6-20-24-15-19(32)11-13-29(24,5)23-12-14-28(4)21(8-9-22(28)26(23)27(20)34)17(2)7-10-25(33)30-16-18(3)31/h17,19-24,26-27,32,34H,6-16H2,1-5H3,(H,30,33)/t17-,19-,20-,21-,22?,23?,24?,26?,27+,28-,29-/m1/s1. The minimum absolute atomic E-state index is 0.0101. The predicted molar refractivity (Wildman–Crippen MR) is 134 cm³/mol. The summed E-state index contributed by atoms with van der Waals surface area (Å²) in [5.41, 5.74) is 0.469. The van der Waals surface area contributed by atoms with Crippen molar-refractivity contribution >= 4 is 11.7 Å². The molecule has 34 heavy (non-hydrogen) atoms. The number of aliphatic hydroxyl groups excluding tert-OH is 2.